The van der Waals surface area contributed by atoms with Gasteiger partial charge < -0.3 is 4.90 Å². The molecule has 2 heteroatoms. The zero-order chi connectivity index (χ0) is 8.55. The van der Waals surface area contributed by atoms with Gasteiger partial charge in [0.05, 0.1) is 0 Å². The van der Waals surface area contributed by atoms with Crippen LogP contribution >= 0.6 is 0 Å². The van der Waals surface area contributed by atoms with Crippen LogP contribution in [0.1, 0.15) is 11.1 Å². The van der Waals surface area contributed by atoms with Gasteiger partial charge in [-0.3, -0.25) is 0 Å². The van der Waals surface area contributed by atoms with E-state index in [1.54, 1.807) is 6.07 Å². The number of rotatable bonds is 0. The lowest BCUT2D eigenvalue weighted by Gasteiger charge is -2.20. The topological polar surface area (TPSA) is 3.24 Å². The maximum absolute atomic E-state index is 12.7. The summed E-state index contributed by atoms with van der Waals surface area (Å²) in [6.45, 7) is 0.867. The molecular weight excluding hydrogens is 153 g/mol. The van der Waals surface area contributed by atoms with Crippen LogP contribution in [0, 0.1) is 5.82 Å². The van der Waals surface area contributed by atoms with Crippen LogP contribution in [0.15, 0.2) is 24.4 Å². The Morgan fingerprint density at radius 3 is 3.08 bits per heavy atom. The number of benzene rings is 1. The van der Waals surface area contributed by atoms with Crippen molar-refractivity contribution >= 4 is 6.08 Å². The first kappa shape index (κ1) is 7.35. The molecule has 0 fully saturated rings. The summed E-state index contributed by atoms with van der Waals surface area (Å²) in [5.41, 5.74) is 2.18. The molecule has 0 N–H and O–H groups in total. The van der Waals surface area contributed by atoms with Crippen LogP contribution < -0.4 is 0 Å². The highest BCUT2D eigenvalue weighted by Crippen LogP contribution is 2.19. The molecule has 1 heterocycles. The van der Waals surface area contributed by atoms with E-state index in [0.29, 0.717) is 0 Å². The van der Waals surface area contributed by atoms with Gasteiger partial charge in [0.2, 0.25) is 0 Å². The molecule has 1 aromatic rings. The summed E-state index contributed by atoms with van der Waals surface area (Å²) in [6.07, 6.45) is 3.89. The van der Waals surface area contributed by atoms with E-state index in [0.717, 1.165) is 12.1 Å². The third-order valence-electron chi connectivity index (χ3n) is 2.04. The van der Waals surface area contributed by atoms with E-state index in [1.807, 2.05) is 25.4 Å². The van der Waals surface area contributed by atoms with Crippen molar-refractivity contribution in [3.05, 3.63) is 41.3 Å². The normalized spacial score (nSPS) is 14.7. The Morgan fingerprint density at radius 1 is 1.42 bits per heavy atom. The molecule has 2 rings (SSSR count). The molecule has 1 aliphatic rings. The number of hydrogen-bond donors (Lipinski definition) is 0. The lowest BCUT2D eigenvalue weighted by atomic mass is 10.0. The minimum absolute atomic E-state index is 0.164. The predicted molar refractivity (Wildman–Crippen MR) is 46.9 cm³/mol. The zero-order valence-corrected chi connectivity index (χ0v) is 6.92. The molecular formula is C10H10FN. The predicted octanol–water partition coefficient (Wildman–Crippen LogP) is 2.24. The van der Waals surface area contributed by atoms with Crippen LogP contribution in [-0.2, 0) is 6.54 Å². The maximum Gasteiger partial charge on any atom is 0.123 e. The molecule has 62 valence electrons. The molecule has 1 aliphatic heterocycles. The van der Waals surface area contributed by atoms with E-state index in [1.165, 1.54) is 11.6 Å². The van der Waals surface area contributed by atoms with E-state index in [9.17, 15) is 4.39 Å². The second-order valence-corrected chi connectivity index (χ2v) is 3.07. The lowest BCUT2D eigenvalue weighted by molar-refractivity contribution is 0.447. The van der Waals surface area contributed by atoms with E-state index in [2.05, 4.69) is 4.90 Å². The first-order valence-corrected chi connectivity index (χ1v) is 3.92. The Hall–Kier alpha value is -1.31. The fourth-order valence-corrected chi connectivity index (χ4v) is 1.39. The van der Waals surface area contributed by atoms with Crippen molar-refractivity contribution < 1.29 is 4.39 Å². The minimum atomic E-state index is -0.164. The van der Waals surface area contributed by atoms with Crippen molar-refractivity contribution in [1.29, 1.82) is 0 Å². The number of hydrogen-bond acceptors (Lipinski definition) is 1. The minimum Gasteiger partial charge on any atom is -0.376 e. The Bertz CT molecular complexity index is 331. The Kier molecular flexibility index (Phi) is 1.61. The van der Waals surface area contributed by atoms with Crippen LogP contribution in [0.25, 0.3) is 6.08 Å². The average Bonchev–Trinajstić information content (AvgIpc) is 2.05. The second-order valence-electron chi connectivity index (χ2n) is 3.07. The first-order chi connectivity index (χ1) is 5.75. The summed E-state index contributed by atoms with van der Waals surface area (Å²) >= 11 is 0. The van der Waals surface area contributed by atoms with Gasteiger partial charge in [-0.05, 0) is 35.5 Å². The Labute approximate surface area is 71.1 Å². The van der Waals surface area contributed by atoms with Gasteiger partial charge in [0, 0.05) is 13.6 Å². The van der Waals surface area contributed by atoms with Gasteiger partial charge in [-0.2, -0.15) is 0 Å². The summed E-state index contributed by atoms with van der Waals surface area (Å²) in [4.78, 5) is 2.07. The summed E-state index contributed by atoms with van der Waals surface area (Å²) in [5.74, 6) is -0.164. The summed E-state index contributed by atoms with van der Waals surface area (Å²) < 4.78 is 12.7. The molecule has 0 aliphatic carbocycles. The molecule has 0 radical (unpaired) electrons. The largest absolute Gasteiger partial charge is 0.376 e. The molecule has 0 saturated heterocycles. The van der Waals surface area contributed by atoms with Gasteiger partial charge in [0.1, 0.15) is 5.82 Å². The third kappa shape index (κ3) is 1.20. The Balaban J connectivity index is 2.47. The molecule has 0 atom stereocenters. The standard InChI is InChI=1S/C10H10FN/c1-12-5-4-8-6-10(11)3-2-9(8)7-12/h2-6H,7H2,1H3. The Morgan fingerprint density at radius 2 is 2.25 bits per heavy atom. The van der Waals surface area contributed by atoms with E-state index < -0.39 is 0 Å². The average molecular weight is 163 g/mol. The maximum atomic E-state index is 12.7. The lowest BCUT2D eigenvalue weighted by Crippen LogP contribution is -2.14. The van der Waals surface area contributed by atoms with Gasteiger partial charge in [-0.1, -0.05) is 6.07 Å². The number of nitrogens with zero attached hydrogens (tertiary/aromatic N) is 1. The van der Waals surface area contributed by atoms with Crippen molar-refractivity contribution in [2.24, 2.45) is 0 Å². The third-order valence-corrected chi connectivity index (χ3v) is 2.04. The van der Waals surface area contributed by atoms with E-state index in [-0.39, 0.29) is 5.82 Å². The summed E-state index contributed by atoms with van der Waals surface area (Å²) in [5, 5.41) is 0. The highest BCUT2D eigenvalue weighted by Gasteiger charge is 2.07. The van der Waals surface area contributed by atoms with Gasteiger partial charge in [-0.25, -0.2) is 4.39 Å². The van der Waals surface area contributed by atoms with Gasteiger partial charge in [0.15, 0.2) is 0 Å². The SMILES string of the molecule is CN1C=Cc2cc(F)ccc2C1. The molecule has 0 bridgehead atoms. The molecule has 1 aromatic carbocycles. The molecule has 12 heavy (non-hydrogen) atoms. The highest BCUT2D eigenvalue weighted by atomic mass is 19.1. The van der Waals surface area contributed by atoms with E-state index >= 15 is 0 Å². The van der Waals surface area contributed by atoms with Crippen molar-refractivity contribution in [2.45, 2.75) is 6.54 Å². The summed E-state index contributed by atoms with van der Waals surface area (Å²) in [6, 6.07) is 4.91. The van der Waals surface area contributed by atoms with Crippen LogP contribution in [0.2, 0.25) is 0 Å². The van der Waals surface area contributed by atoms with Crippen molar-refractivity contribution in [3.8, 4) is 0 Å². The van der Waals surface area contributed by atoms with Crippen molar-refractivity contribution in [2.75, 3.05) is 7.05 Å². The highest BCUT2D eigenvalue weighted by molar-refractivity contribution is 5.55. The first-order valence-electron chi connectivity index (χ1n) is 3.92. The van der Waals surface area contributed by atoms with Crippen LogP contribution in [-0.4, -0.2) is 11.9 Å². The second kappa shape index (κ2) is 2.63. The van der Waals surface area contributed by atoms with Crippen molar-refractivity contribution in [1.82, 2.24) is 4.90 Å². The molecule has 0 aromatic heterocycles. The monoisotopic (exact) mass is 163 g/mol. The smallest absolute Gasteiger partial charge is 0.123 e. The van der Waals surface area contributed by atoms with Gasteiger partial charge >= 0.3 is 0 Å². The van der Waals surface area contributed by atoms with E-state index in [4.69, 9.17) is 0 Å². The van der Waals surface area contributed by atoms with Gasteiger partial charge in [0.25, 0.3) is 0 Å². The zero-order valence-electron chi connectivity index (χ0n) is 6.92. The molecule has 0 unspecified atom stereocenters. The number of halogens is 1. The quantitative estimate of drug-likeness (QED) is 0.567. The summed E-state index contributed by atoms with van der Waals surface area (Å²) in [7, 11) is 2.00. The van der Waals surface area contributed by atoms with Crippen LogP contribution in [0.3, 0.4) is 0 Å². The molecule has 0 spiro atoms. The molecule has 1 nitrogen and oxygen atoms in total. The van der Waals surface area contributed by atoms with Crippen LogP contribution in [0.4, 0.5) is 4.39 Å². The van der Waals surface area contributed by atoms with Gasteiger partial charge in [-0.15, -0.1) is 0 Å². The van der Waals surface area contributed by atoms with Crippen molar-refractivity contribution in [3.63, 3.8) is 0 Å². The van der Waals surface area contributed by atoms with Crippen LogP contribution in [0.5, 0.6) is 0 Å². The fourth-order valence-electron chi connectivity index (χ4n) is 1.39. The molecule has 0 amide bonds. The number of fused-ring (bicyclic) bond motifs is 1. The fraction of sp³-hybridized carbons (Fsp3) is 0.200. The molecule has 0 saturated carbocycles.